The van der Waals surface area contributed by atoms with Crippen molar-refractivity contribution in [2.75, 3.05) is 11.9 Å². The minimum absolute atomic E-state index is 0.191. The van der Waals surface area contributed by atoms with E-state index < -0.39 is 22.0 Å². The summed E-state index contributed by atoms with van der Waals surface area (Å²) in [5, 5.41) is -0.660. The molecule has 2 rings (SSSR count). The second-order valence-electron chi connectivity index (χ2n) is 5.46. The van der Waals surface area contributed by atoms with Crippen LogP contribution in [0.3, 0.4) is 0 Å². The number of amides is 2. The number of carbonyl (C=O) groups is 2. The highest BCUT2D eigenvalue weighted by atomic mass is 32.2. The molecule has 0 unspecified atom stereocenters. The molecule has 0 heterocycles. The Morgan fingerprint density at radius 3 is 2.42 bits per heavy atom. The fraction of sp³-hybridized carbons (Fsp3) is 0.222. The fourth-order valence-electron chi connectivity index (χ4n) is 2.27. The first-order valence-corrected chi connectivity index (χ1v) is 8.87. The fourth-order valence-corrected chi connectivity index (χ4v) is 3.41. The monoisotopic (exact) mass is 344 g/mol. The van der Waals surface area contributed by atoms with Gasteiger partial charge in [-0.1, -0.05) is 30.3 Å². The van der Waals surface area contributed by atoms with Gasteiger partial charge in [0.25, 0.3) is 0 Å². The highest BCUT2D eigenvalue weighted by Crippen LogP contribution is 2.16. The van der Waals surface area contributed by atoms with E-state index in [2.05, 4.69) is 0 Å². The van der Waals surface area contributed by atoms with Gasteiger partial charge in [0.2, 0.25) is 11.8 Å². The van der Waals surface area contributed by atoms with Crippen LogP contribution in [0.5, 0.6) is 0 Å². The zero-order valence-corrected chi connectivity index (χ0v) is 14.5. The van der Waals surface area contributed by atoms with E-state index >= 15 is 0 Å². The van der Waals surface area contributed by atoms with Crippen LogP contribution < -0.4 is 10.6 Å². The number of nitrogens with two attached hydrogens (primary N) is 1. The van der Waals surface area contributed by atoms with E-state index in [9.17, 15) is 13.8 Å². The lowest BCUT2D eigenvalue weighted by atomic mass is 10.1. The molecule has 2 N–H and O–H groups in total. The molecule has 0 radical (unpaired) electrons. The van der Waals surface area contributed by atoms with E-state index in [1.807, 2.05) is 30.3 Å². The number of hydrogen-bond donors (Lipinski definition) is 1. The minimum atomic E-state index is -1.41. The molecule has 5 nitrogen and oxygen atoms in total. The standard InChI is InChI=1S/C18H20N2O3S/c1-13(18(22)20(2)16-9-4-3-5-10-16)24(23)12-14-7-6-8-15(11-14)17(19)21/h3-11,13H,12H2,1-2H3,(H2,19,21)/t13-,24-/m0/s1. The predicted molar refractivity (Wildman–Crippen MR) is 96.1 cm³/mol. The van der Waals surface area contributed by atoms with Gasteiger partial charge in [-0.05, 0) is 36.8 Å². The normalized spacial score (nSPS) is 13.1. The Hall–Kier alpha value is -2.47. The zero-order chi connectivity index (χ0) is 17.7. The number of carbonyl (C=O) groups excluding carboxylic acids is 2. The molecule has 2 aromatic rings. The maximum absolute atomic E-state index is 12.5. The van der Waals surface area contributed by atoms with Crippen LogP contribution in [-0.4, -0.2) is 28.3 Å². The average molecular weight is 344 g/mol. The second-order valence-corrected chi connectivity index (χ2v) is 7.22. The van der Waals surface area contributed by atoms with Crippen LogP contribution in [0.15, 0.2) is 54.6 Å². The van der Waals surface area contributed by atoms with Crippen molar-refractivity contribution >= 4 is 28.3 Å². The number of nitrogens with zero attached hydrogens (tertiary/aromatic N) is 1. The summed E-state index contributed by atoms with van der Waals surface area (Å²) in [5.74, 6) is -0.558. The number of hydrogen-bond acceptors (Lipinski definition) is 3. The number of primary amides is 1. The summed E-state index contributed by atoms with van der Waals surface area (Å²) in [5.41, 5.74) is 7.08. The summed E-state index contributed by atoms with van der Waals surface area (Å²) >= 11 is 0. The topological polar surface area (TPSA) is 80.5 Å². The quantitative estimate of drug-likeness (QED) is 0.871. The van der Waals surface area contributed by atoms with Gasteiger partial charge in [-0.2, -0.15) is 0 Å². The molecule has 0 aliphatic rings. The Morgan fingerprint density at radius 2 is 1.79 bits per heavy atom. The largest absolute Gasteiger partial charge is 0.366 e. The third-order valence-corrected chi connectivity index (χ3v) is 5.34. The molecule has 2 atom stereocenters. The molecule has 0 aliphatic heterocycles. The lowest BCUT2D eigenvalue weighted by molar-refractivity contribution is -0.117. The van der Waals surface area contributed by atoms with Crippen LogP contribution in [0.2, 0.25) is 0 Å². The van der Waals surface area contributed by atoms with Crippen molar-refractivity contribution in [3.63, 3.8) is 0 Å². The molecule has 2 aromatic carbocycles. The van der Waals surface area contributed by atoms with Crippen LogP contribution >= 0.6 is 0 Å². The van der Waals surface area contributed by atoms with Crippen molar-refractivity contribution in [3.05, 3.63) is 65.7 Å². The first-order chi connectivity index (χ1) is 11.4. The van der Waals surface area contributed by atoms with Gasteiger partial charge in [-0.3, -0.25) is 13.8 Å². The molecule has 0 saturated heterocycles. The van der Waals surface area contributed by atoms with Crippen LogP contribution in [0, 0.1) is 0 Å². The molecule has 24 heavy (non-hydrogen) atoms. The molecule has 2 amide bonds. The first kappa shape index (κ1) is 17.9. The SMILES string of the molecule is C[C@@H](C(=O)N(C)c1ccccc1)[S@@](=O)Cc1cccc(C(N)=O)c1. The van der Waals surface area contributed by atoms with E-state index in [4.69, 9.17) is 5.73 Å². The number of benzene rings is 2. The second kappa shape index (κ2) is 7.88. The van der Waals surface area contributed by atoms with Gasteiger partial charge in [0.1, 0.15) is 5.25 Å². The van der Waals surface area contributed by atoms with Crippen LogP contribution in [0.1, 0.15) is 22.8 Å². The van der Waals surface area contributed by atoms with Gasteiger partial charge in [0.15, 0.2) is 0 Å². The summed E-state index contributed by atoms with van der Waals surface area (Å²) in [6, 6.07) is 15.9. The maximum Gasteiger partial charge on any atom is 0.248 e. The molecule has 6 heteroatoms. The zero-order valence-electron chi connectivity index (χ0n) is 13.6. The third kappa shape index (κ3) is 4.29. The lowest BCUT2D eigenvalue weighted by Gasteiger charge is -2.21. The highest BCUT2D eigenvalue weighted by Gasteiger charge is 2.24. The number of anilines is 1. The van der Waals surface area contributed by atoms with E-state index in [-0.39, 0.29) is 11.7 Å². The van der Waals surface area contributed by atoms with Crippen molar-refractivity contribution < 1.29 is 13.8 Å². The van der Waals surface area contributed by atoms with Crippen LogP contribution in [0.4, 0.5) is 5.69 Å². The van der Waals surface area contributed by atoms with Gasteiger partial charge in [0, 0.05) is 34.9 Å². The predicted octanol–water partition coefficient (Wildman–Crippen LogP) is 2.09. The summed E-state index contributed by atoms with van der Waals surface area (Å²) in [6.07, 6.45) is 0. The van der Waals surface area contributed by atoms with Crippen molar-refractivity contribution in [2.45, 2.75) is 17.9 Å². The van der Waals surface area contributed by atoms with Crippen molar-refractivity contribution in [1.29, 1.82) is 0 Å². The Balaban J connectivity index is 2.08. The lowest BCUT2D eigenvalue weighted by Crippen LogP contribution is -2.37. The summed E-state index contributed by atoms with van der Waals surface area (Å²) in [4.78, 5) is 25.2. The van der Waals surface area contributed by atoms with Gasteiger partial charge >= 0.3 is 0 Å². The smallest absolute Gasteiger partial charge is 0.248 e. The average Bonchev–Trinajstić information content (AvgIpc) is 2.60. The highest BCUT2D eigenvalue weighted by molar-refractivity contribution is 7.85. The maximum atomic E-state index is 12.5. The molecular weight excluding hydrogens is 324 g/mol. The first-order valence-electron chi connectivity index (χ1n) is 7.48. The summed E-state index contributed by atoms with van der Waals surface area (Å²) in [6.45, 7) is 1.65. The Bertz CT molecular complexity index is 762. The molecular formula is C18H20N2O3S. The summed E-state index contributed by atoms with van der Waals surface area (Å²) in [7, 11) is 0.261. The molecule has 126 valence electrons. The molecule has 0 spiro atoms. The van der Waals surface area contributed by atoms with E-state index in [0.717, 1.165) is 5.69 Å². The third-order valence-electron chi connectivity index (χ3n) is 3.74. The van der Waals surface area contributed by atoms with Gasteiger partial charge < -0.3 is 10.6 Å². The van der Waals surface area contributed by atoms with Gasteiger partial charge in [-0.25, -0.2) is 0 Å². The summed E-state index contributed by atoms with van der Waals surface area (Å²) < 4.78 is 12.5. The Kier molecular flexibility index (Phi) is 5.87. The van der Waals surface area contributed by atoms with E-state index in [1.165, 1.54) is 4.90 Å². The Morgan fingerprint density at radius 1 is 1.12 bits per heavy atom. The minimum Gasteiger partial charge on any atom is -0.366 e. The van der Waals surface area contributed by atoms with E-state index in [1.54, 1.807) is 38.2 Å². The van der Waals surface area contributed by atoms with Crippen molar-refractivity contribution in [2.24, 2.45) is 5.73 Å². The molecule has 0 aliphatic carbocycles. The molecule has 0 aromatic heterocycles. The van der Waals surface area contributed by atoms with Gasteiger partial charge in [-0.15, -0.1) is 0 Å². The van der Waals surface area contributed by atoms with Gasteiger partial charge in [0.05, 0.1) is 0 Å². The van der Waals surface area contributed by atoms with Crippen LogP contribution in [-0.2, 0) is 21.3 Å². The number of rotatable bonds is 6. The molecule has 0 saturated carbocycles. The number of para-hydroxylation sites is 1. The van der Waals surface area contributed by atoms with Crippen LogP contribution in [0.25, 0.3) is 0 Å². The van der Waals surface area contributed by atoms with Crippen molar-refractivity contribution in [3.8, 4) is 0 Å². The molecule has 0 fully saturated rings. The van der Waals surface area contributed by atoms with Crippen molar-refractivity contribution in [1.82, 2.24) is 0 Å². The molecule has 0 bridgehead atoms. The Labute approximate surface area is 143 Å². The van der Waals surface area contributed by atoms with E-state index in [0.29, 0.717) is 11.1 Å².